The Labute approximate surface area is 186 Å². The minimum atomic E-state index is -1.16. The summed E-state index contributed by atoms with van der Waals surface area (Å²) in [5.41, 5.74) is 0.443. The smallest absolute Gasteiger partial charge is 0.303 e. The Morgan fingerprint density at radius 2 is 1.48 bits per heavy atom. The first-order chi connectivity index (χ1) is 14.5. The van der Waals surface area contributed by atoms with Crippen molar-refractivity contribution >= 4 is 42.1 Å². The summed E-state index contributed by atoms with van der Waals surface area (Å²) >= 11 is 5.50. The summed E-state index contributed by atoms with van der Waals surface area (Å²) in [5.74, 6) is -2.26. The molecule has 5 atom stereocenters. The lowest BCUT2D eigenvalue weighted by atomic mass is 9.95. The van der Waals surface area contributed by atoms with Gasteiger partial charge in [0.15, 0.2) is 12.2 Å². The van der Waals surface area contributed by atoms with Gasteiger partial charge in [-0.3, -0.25) is 19.2 Å². The summed E-state index contributed by atoms with van der Waals surface area (Å²) in [4.78, 5) is 49.0. The summed E-state index contributed by atoms with van der Waals surface area (Å²) in [6.07, 6.45) is -3.29. The largest absolute Gasteiger partial charge is 0.759 e. The van der Waals surface area contributed by atoms with Crippen LogP contribution in [0.5, 0.6) is 0 Å². The van der Waals surface area contributed by atoms with E-state index in [2.05, 4.69) is 0 Å². The summed E-state index contributed by atoms with van der Waals surface area (Å²) in [6, 6.07) is 6.13. The molecular weight excluding hydrogens is 426 g/mol. The average Bonchev–Trinajstić information content (AvgIpc) is 2.65. The quantitative estimate of drug-likeness (QED) is 0.360. The molecule has 0 aromatic heterocycles. The molecule has 1 saturated heterocycles. The van der Waals surface area contributed by atoms with Gasteiger partial charge >= 0.3 is 17.9 Å². The fourth-order valence-electron chi connectivity index (χ4n) is 3.43. The molecule has 1 fully saturated rings. The van der Waals surface area contributed by atoms with Crippen molar-refractivity contribution in [3.63, 3.8) is 0 Å². The van der Waals surface area contributed by atoms with E-state index in [1.807, 2.05) is 19.1 Å². The van der Waals surface area contributed by atoms with Crippen molar-refractivity contribution in [2.45, 2.75) is 64.4 Å². The molecule has 0 aliphatic carbocycles. The van der Waals surface area contributed by atoms with Gasteiger partial charge < -0.3 is 36.5 Å². The Balaban J connectivity index is 2.52. The Kier molecular flexibility index (Phi) is 8.46. The molecule has 1 heterocycles. The van der Waals surface area contributed by atoms with Gasteiger partial charge in [-0.1, -0.05) is 17.7 Å². The van der Waals surface area contributed by atoms with E-state index < -0.39 is 47.7 Å². The van der Waals surface area contributed by atoms with Crippen LogP contribution in [0.1, 0.15) is 33.3 Å². The van der Waals surface area contributed by atoms with Crippen molar-refractivity contribution in [3.8, 4) is 0 Å². The van der Waals surface area contributed by atoms with E-state index in [1.54, 1.807) is 12.1 Å². The first-order valence-corrected chi connectivity index (χ1v) is 10.1. The van der Waals surface area contributed by atoms with Gasteiger partial charge in [0, 0.05) is 33.4 Å². The van der Waals surface area contributed by atoms with Crippen LogP contribution in [0.3, 0.4) is 0 Å². The number of ether oxygens (including phenoxy) is 4. The molecule has 0 radical (unpaired) electrons. The van der Waals surface area contributed by atoms with Crippen molar-refractivity contribution in [2.24, 2.45) is 0 Å². The number of carbonyl (C=O) groups excluding carboxylic acids is 4. The second-order valence-electron chi connectivity index (χ2n) is 7.21. The highest BCUT2D eigenvalue weighted by Crippen LogP contribution is 2.32. The topological polar surface area (TPSA) is 108 Å². The molecule has 1 aliphatic heterocycles. The van der Waals surface area contributed by atoms with Crippen molar-refractivity contribution in [3.05, 3.63) is 29.8 Å². The van der Waals surface area contributed by atoms with Gasteiger partial charge in [0.2, 0.25) is 5.91 Å². The van der Waals surface area contributed by atoms with Crippen molar-refractivity contribution < 1.29 is 38.1 Å². The van der Waals surface area contributed by atoms with Crippen molar-refractivity contribution in [1.29, 1.82) is 0 Å². The zero-order chi connectivity index (χ0) is 23.3. The van der Waals surface area contributed by atoms with Crippen LogP contribution < -0.4 is 4.90 Å². The maximum absolute atomic E-state index is 12.6. The molecule has 1 amide bonds. The van der Waals surface area contributed by atoms with E-state index in [9.17, 15) is 19.2 Å². The zero-order valence-corrected chi connectivity index (χ0v) is 18.8. The second kappa shape index (κ2) is 10.6. The number of carbonyl (C=O) groups is 4. The van der Waals surface area contributed by atoms with Crippen LogP contribution in [-0.2, 0) is 50.8 Å². The molecule has 0 saturated carbocycles. The molecule has 31 heavy (non-hydrogen) atoms. The summed E-state index contributed by atoms with van der Waals surface area (Å²) in [6.45, 7) is 6.58. The molecule has 2 rings (SSSR count). The Hall–Kier alpha value is -2.59. The predicted octanol–water partition coefficient (Wildman–Crippen LogP) is 1.41. The molecular formula is C21H26NO8S-. The predicted molar refractivity (Wildman–Crippen MR) is 112 cm³/mol. The van der Waals surface area contributed by atoms with Crippen LogP contribution in [0.4, 0.5) is 5.69 Å². The van der Waals surface area contributed by atoms with Crippen molar-refractivity contribution in [2.75, 3.05) is 11.5 Å². The minimum Gasteiger partial charge on any atom is -0.759 e. The van der Waals surface area contributed by atoms with E-state index >= 15 is 0 Å². The molecule has 0 bridgehead atoms. The SMILES string of the molecule is CC(=O)OC[C@H]1O[C@@H]([S-])[C@H](N(C(C)=O)c2ccc(C)cc2)[C@@H](OC(C)=O)[C@@H]1OC(C)=O. The van der Waals surface area contributed by atoms with Gasteiger partial charge in [-0.25, -0.2) is 0 Å². The highest BCUT2D eigenvalue weighted by molar-refractivity contribution is 7.59. The average molecular weight is 453 g/mol. The van der Waals surface area contributed by atoms with E-state index in [0.29, 0.717) is 5.69 Å². The van der Waals surface area contributed by atoms with Crippen LogP contribution in [0.25, 0.3) is 0 Å². The second-order valence-corrected chi connectivity index (χ2v) is 7.67. The first-order valence-electron chi connectivity index (χ1n) is 9.66. The van der Waals surface area contributed by atoms with E-state index in [-0.39, 0.29) is 12.5 Å². The molecule has 170 valence electrons. The monoisotopic (exact) mass is 452 g/mol. The molecule has 1 aromatic rings. The number of aryl methyl sites for hydroxylation is 1. The highest BCUT2D eigenvalue weighted by Gasteiger charge is 2.49. The van der Waals surface area contributed by atoms with Crippen LogP contribution in [0, 0.1) is 6.92 Å². The molecule has 1 aromatic carbocycles. The number of amides is 1. The Morgan fingerprint density at radius 1 is 0.935 bits per heavy atom. The Bertz CT molecular complexity index is 827. The lowest BCUT2D eigenvalue weighted by molar-refractivity contribution is -0.209. The lowest BCUT2D eigenvalue weighted by Gasteiger charge is -2.52. The van der Waals surface area contributed by atoms with Gasteiger partial charge in [0.1, 0.15) is 12.7 Å². The van der Waals surface area contributed by atoms with E-state index in [0.717, 1.165) is 5.56 Å². The zero-order valence-electron chi connectivity index (χ0n) is 18.0. The number of hydrogen-bond donors (Lipinski definition) is 0. The number of hydrogen-bond acceptors (Lipinski definition) is 9. The third-order valence-electron chi connectivity index (χ3n) is 4.62. The number of anilines is 1. The maximum atomic E-state index is 12.6. The summed E-state index contributed by atoms with van der Waals surface area (Å²) in [7, 11) is 0. The standard InChI is InChI=1S/C21H27NO8S/c1-11-6-8-16(9-7-11)22(12(2)23)18-20(29-15(5)26)19(28-14(4)25)17(30-21(18)31)10-27-13(3)24/h6-9,17-21,31H,10H2,1-5H3/p-1/t17-,18-,19-,20-,21+/m1/s1. The fraction of sp³-hybridized carbons (Fsp3) is 0.524. The Morgan fingerprint density at radius 3 is 1.97 bits per heavy atom. The summed E-state index contributed by atoms with van der Waals surface area (Å²) < 4.78 is 21.7. The van der Waals surface area contributed by atoms with Crippen LogP contribution >= 0.6 is 0 Å². The highest BCUT2D eigenvalue weighted by atomic mass is 32.1. The van der Waals surface area contributed by atoms with E-state index in [1.165, 1.54) is 32.6 Å². The fourth-order valence-corrected chi connectivity index (χ4v) is 3.84. The van der Waals surface area contributed by atoms with Gasteiger partial charge in [-0.05, 0) is 24.5 Å². The normalized spacial score (nSPS) is 25.3. The molecule has 0 N–H and O–H groups in total. The first kappa shape index (κ1) is 24.7. The number of nitrogens with zero attached hydrogens (tertiary/aromatic N) is 1. The van der Waals surface area contributed by atoms with Crippen LogP contribution in [0.2, 0.25) is 0 Å². The van der Waals surface area contributed by atoms with E-state index in [4.69, 9.17) is 31.6 Å². The maximum Gasteiger partial charge on any atom is 0.303 e. The van der Waals surface area contributed by atoms with Crippen LogP contribution in [0.15, 0.2) is 24.3 Å². The number of rotatable bonds is 6. The molecule has 0 unspecified atom stereocenters. The van der Waals surface area contributed by atoms with Crippen LogP contribution in [-0.4, -0.2) is 60.2 Å². The third-order valence-corrected chi connectivity index (χ3v) is 5.01. The van der Waals surface area contributed by atoms with Crippen molar-refractivity contribution in [1.82, 2.24) is 0 Å². The molecule has 9 nitrogen and oxygen atoms in total. The molecule has 1 aliphatic rings. The van der Waals surface area contributed by atoms with Gasteiger partial charge in [0.25, 0.3) is 0 Å². The van der Waals surface area contributed by atoms with Gasteiger partial charge in [-0.2, -0.15) is 0 Å². The van der Waals surface area contributed by atoms with Gasteiger partial charge in [0.05, 0.1) is 6.04 Å². The van der Waals surface area contributed by atoms with Gasteiger partial charge in [-0.15, -0.1) is 0 Å². The minimum absolute atomic E-state index is 0.268. The summed E-state index contributed by atoms with van der Waals surface area (Å²) in [5, 5.41) is 0. The lowest BCUT2D eigenvalue weighted by Crippen LogP contribution is -2.66. The third kappa shape index (κ3) is 6.44. The molecule has 0 spiro atoms. The molecule has 10 heteroatoms. The number of benzene rings is 1. The number of esters is 3.